The smallest absolute Gasteiger partial charge is 0.335 e. The van der Waals surface area contributed by atoms with E-state index in [4.69, 9.17) is 0 Å². The SMILES string of the molecule is CCC1CSC(Nc2ccc(C)c(C(F)(F)F)c2)=N1. The van der Waals surface area contributed by atoms with Crippen LogP contribution in [0.4, 0.5) is 18.9 Å². The molecular formula is C13H15F3N2S. The molecule has 1 N–H and O–H groups in total. The minimum absolute atomic E-state index is 0.227. The Hall–Kier alpha value is -1.17. The second-order valence-electron chi connectivity index (χ2n) is 4.46. The van der Waals surface area contributed by atoms with Crippen LogP contribution in [-0.2, 0) is 6.18 Å². The second-order valence-corrected chi connectivity index (χ2v) is 5.47. The van der Waals surface area contributed by atoms with Gasteiger partial charge in [-0.3, -0.25) is 4.99 Å². The number of halogens is 3. The molecule has 1 aromatic carbocycles. The number of aryl methyl sites for hydroxylation is 1. The van der Waals surface area contributed by atoms with Crippen molar-refractivity contribution < 1.29 is 13.2 Å². The highest BCUT2D eigenvalue weighted by molar-refractivity contribution is 8.14. The highest BCUT2D eigenvalue weighted by atomic mass is 32.2. The molecule has 19 heavy (non-hydrogen) atoms. The van der Waals surface area contributed by atoms with Crippen molar-refractivity contribution in [1.82, 2.24) is 0 Å². The summed E-state index contributed by atoms with van der Waals surface area (Å²) in [4.78, 5) is 4.40. The minimum atomic E-state index is -4.32. The van der Waals surface area contributed by atoms with Crippen LogP contribution in [-0.4, -0.2) is 17.0 Å². The van der Waals surface area contributed by atoms with Crippen LogP contribution < -0.4 is 5.32 Å². The van der Waals surface area contributed by atoms with Crippen LogP contribution in [0.2, 0.25) is 0 Å². The standard InChI is InChI=1S/C13H15F3N2S/c1-3-9-7-19-12(17-9)18-10-5-4-8(2)11(6-10)13(14,15)16/h4-6,9H,3,7H2,1-2H3,(H,17,18). The second kappa shape index (κ2) is 5.45. The summed E-state index contributed by atoms with van der Waals surface area (Å²) in [6.07, 6.45) is -3.38. The van der Waals surface area contributed by atoms with E-state index in [-0.39, 0.29) is 11.6 Å². The molecule has 0 aliphatic carbocycles. The summed E-state index contributed by atoms with van der Waals surface area (Å²) in [6.45, 7) is 3.51. The van der Waals surface area contributed by atoms with Gasteiger partial charge in [0.2, 0.25) is 0 Å². The number of hydrogen-bond donors (Lipinski definition) is 1. The first-order valence-electron chi connectivity index (χ1n) is 6.05. The van der Waals surface area contributed by atoms with E-state index in [9.17, 15) is 13.2 Å². The predicted octanol–water partition coefficient (Wildman–Crippen LogP) is 4.31. The molecular weight excluding hydrogens is 273 g/mol. The third-order valence-electron chi connectivity index (χ3n) is 2.98. The summed E-state index contributed by atoms with van der Waals surface area (Å²) < 4.78 is 38.4. The van der Waals surface area contributed by atoms with Crippen LogP contribution in [0.5, 0.6) is 0 Å². The molecule has 0 saturated carbocycles. The number of alkyl halides is 3. The minimum Gasteiger partial charge on any atom is -0.335 e. The van der Waals surface area contributed by atoms with Gasteiger partial charge in [0.1, 0.15) is 0 Å². The number of amidine groups is 1. The zero-order valence-electron chi connectivity index (χ0n) is 10.7. The first-order valence-corrected chi connectivity index (χ1v) is 7.04. The molecule has 0 saturated heterocycles. The van der Waals surface area contributed by atoms with E-state index in [1.807, 2.05) is 6.92 Å². The van der Waals surface area contributed by atoms with Gasteiger partial charge in [-0.05, 0) is 31.0 Å². The first-order chi connectivity index (χ1) is 8.90. The Bertz CT molecular complexity index is 497. The van der Waals surface area contributed by atoms with Crippen molar-refractivity contribution in [3.05, 3.63) is 29.3 Å². The molecule has 0 aromatic heterocycles. The molecule has 104 valence electrons. The summed E-state index contributed by atoms with van der Waals surface area (Å²) in [5, 5.41) is 3.66. The van der Waals surface area contributed by atoms with Crippen LogP contribution in [0.25, 0.3) is 0 Å². The average Bonchev–Trinajstić information content (AvgIpc) is 2.78. The van der Waals surface area contributed by atoms with E-state index < -0.39 is 11.7 Å². The van der Waals surface area contributed by atoms with Crippen LogP contribution in [0, 0.1) is 6.92 Å². The van der Waals surface area contributed by atoms with Crippen LogP contribution >= 0.6 is 11.8 Å². The van der Waals surface area contributed by atoms with Crippen LogP contribution in [0.3, 0.4) is 0 Å². The quantitative estimate of drug-likeness (QED) is 0.877. The lowest BCUT2D eigenvalue weighted by Crippen LogP contribution is -2.10. The van der Waals surface area contributed by atoms with Crippen molar-refractivity contribution in [3.8, 4) is 0 Å². The number of nitrogens with one attached hydrogen (secondary N) is 1. The maximum absolute atomic E-state index is 12.8. The Morgan fingerprint density at radius 1 is 1.42 bits per heavy atom. The number of anilines is 1. The molecule has 1 aliphatic rings. The molecule has 1 heterocycles. The predicted molar refractivity (Wildman–Crippen MR) is 73.8 cm³/mol. The van der Waals surface area contributed by atoms with Gasteiger partial charge in [0.15, 0.2) is 5.17 Å². The maximum Gasteiger partial charge on any atom is 0.416 e. The van der Waals surface area contributed by atoms with Gasteiger partial charge in [-0.2, -0.15) is 13.2 Å². The van der Waals surface area contributed by atoms with Crippen LogP contribution in [0.1, 0.15) is 24.5 Å². The van der Waals surface area contributed by atoms with E-state index in [2.05, 4.69) is 10.3 Å². The van der Waals surface area contributed by atoms with E-state index in [1.165, 1.54) is 13.0 Å². The molecule has 2 nitrogen and oxygen atoms in total. The van der Waals surface area contributed by atoms with Gasteiger partial charge < -0.3 is 5.32 Å². The van der Waals surface area contributed by atoms with Crippen molar-refractivity contribution in [2.45, 2.75) is 32.5 Å². The van der Waals surface area contributed by atoms with E-state index in [1.54, 1.807) is 17.8 Å². The van der Waals surface area contributed by atoms with Crippen molar-refractivity contribution in [2.75, 3.05) is 11.1 Å². The molecule has 1 aliphatic heterocycles. The summed E-state index contributed by atoms with van der Waals surface area (Å²) in [5.41, 5.74) is 0.0552. The highest BCUT2D eigenvalue weighted by Crippen LogP contribution is 2.34. The monoisotopic (exact) mass is 288 g/mol. The van der Waals surface area contributed by atoms with Gasteiger partial charge in [-0.15, -0.1) is 0 Å². The van der Waals surface area contributed by atoms with Crippen molar-refractivity contribution >= 4 is 22.6 Å². The number of hydrogen-bond acceptors (Lipinski definition) is 3. The summed E-state index contributed by atoms with van der Waals surface area (Å²) in [6, 6.07) is 4.52. The lowest BCUT2D eigenvalue weighted by molar-refractivity contribution is -0.138. The van der Waals surface area contributed by atoms with Crippen LogP contribution in [0.15, 0.2) is 23.2 Å². The maximum atomic E-state index is 12.8. The number of rotatable bonds is 2. The Kier molecular flexibility index (Phi) is 4.08. The lowest BCUT2D eigenvalue weighted by Gasteiger charge is -2.13. The van der Waals surface area contributed by atoms with Crippen molar-refractivity contribution in [1.29, 1.82) is 0 Å². The number of thioether (sulfide) groups is 1. The molecule has 1 unspecified atom stereocenters. The average molecular weight is 288 g/mol. The Balaban J connectivity index is 2.18. The summed E-state index contributed by atoms with van der Waals surface area (Å²) >= 11 is 1.55. The zero-order valence-corrected chi connectivity index (χ0v) is 11.5. The molecule has 0 spiro atoms. The van der Waals surface area contributed by atoms with Crippen molar-refractivity contribution in [3.63, 3.8) is 0 Å². The van der Waals surface area contributed by atoms with Crippen molar-refractivity contribution in [2.24, 2.45) is 4.99 Å². The fourth-order valence-corrected chi connectivity index (χ4v) is 2.90. The largest absolute Gasteiger partial charge is 0.416 e. The van der Waals surface area contributed by atoms with Gasteiger partial charge in [0.05, 0.1) is 11.6 Å². The molecule has 0 fully saturated rings. The highest BCUT2D eigenvalue weighted by Gasteiger charge is 2.32. The summed E-state index contributed by atoms with van der Waals surface area (Å²) in [5.74, 6) is 0.886. The Labute approximate surface area is 114 Å². The number of benzene rings is 1. The van der Waals surface area contributed by atoms with Gasteiger partial charge in [-0.1, -0.05) is 24.8 Å². The first kappa shape index (κ1) is 14.2. The van der Waals surface area contributed by atoms with E-state index in [0.29, 0.717) is 10.9 Å². The molecule has 1 atom stereocenters. The molecule has 0 bridgehead atoms. The third kappa shape index (κ3) is 3.43. The third-order valence-corrected chi connectivity index (χ3v) is 4.01. The topological polar surface area (TPSA) is 24.4 Å². The van der Waals surface area contributed by atoms with E-state index >= 15 is 0 Å². The Morgan fingerprint density at radius 2 is 2.16 bits per heavy atom. The van der Waals surface area contributed by atoms with Gasteiger partial charge >= 0.3 is 6.18 Å². The normalized spacial score (nSPS) is 19.4. The number of aliphatic imine (C=N–C) groups is 1. The van der Waals surface area contributed by atoms with Gasteiger partial charge in [-0.25, -0.2) is 0 Å². The summed E-state index contributed by atoms with van der Waals surface area (Å²) in [7, 11) is 0. The molecule has 0 amide bonds. The molecule has 2 rings (SSSR count). The molecule has 0 radical (unpaired) electrons. The zero-order chi connectivity index (χ0) is 14.0. The fourth-order valence-electron chi connectivity index (χ4n) is 1.82. The van der Waals surface area contributed by atoms with E-state index in [0.717, 1.165) is 18.2 Å². The van der Waals surface area contributed by atoms with Gasteiger partial charge in [0.25, 0.3) is 0 Å². The molecule has 6 heteroatoms. The number of nitrogens with zero attached hydrogens (tertiary/aromatic N) is 1. The Morgan fingerprint density at radius 3 is 2.74 bits per heavy atom. The van der Waals surface area contributed by atoms with Gasteiger partial charge in [0, 0.05) is 11.4 Å². The fraction of sp³-hybridized carbons (Fsp3) is 0.462. The molecule has 1 aromatic rings. The lowest BCUT2D eigenvalue weighted by atomic mass is 10.1.